The molecule has 0 bridgehead atoms. The highest BCUT2D eigenvalue weighted by Crippen LogP contribution is 2.18. The van der Waals surface area contributed by atoms with Gasteiger partial charge in [0.15, 0.2) is 5.78 Å². The van der Waals surface area contributed by atoms with Gasteiger partial charge in [-0.3, -0.25) is 4.79 Å². The van der Waals surface area contributed by atoms with E-state index in [4.69, 9.17) is 0 Å². The van der Waals surface area contributed by atoms with Gasteiger partial charge in [0, 0.05) is 11.3 Å². The Kier molecular flexibility index (Phi) is 3.51. The number of hydrogen-bond acceptors (Lipinski definition) is 3. The molecule has 0 fully saturated rings. The number of rotatable bonds is 4. The fourth-order valence-electron chi connectivity index (χ4n) is 2.06. The molecule has 0 saturated heterocycles. The van der Waals surface area contributed by atoms with E-state index in [9.17, 15) is 4.79 Å². The first kappa shape index (κ1) is 13.1. The maximum absolute atomic E-state index is 11.2. The minimum Gasteiger partial charge on any atom is -0.353 e. The van der Waals surface area contributed by atoms with Gasteiger partial charge in [0.25, 0.3) is 0 Å². The molecule has 104 valence electrons. The first-order valence-corrected chi connectivity index (χ1v) is 6.70. The van der Waals surface area contributed by atoms with Gasteiger partial charge in [0.1, 0.15) is 0 Å². The zero-order chi connectivity index (χ0) is 14.7. The molecule has 0 atom stereocenters. The standard InChI is InChI=1S/C17H15N3O/c1-13(21)14-7-9-15(10-8-14)19-16-11-18-20(12-16)17-5-3-2-4-6-17/h2-12,19H,1H3. The van der Waals surface area contributed by atoms with Crippen LogP contribution in [0, 0.1) is 0 Å². The Morgan fingerprint density at radius 2 is 1.71 bits per heavy atom. The molecule has 0 spiro atoms. The summed E-state index contributed by atoms with van der Waals surface area (Å²) in [6.45, 7) is 1.56. The third-order valence-corrected chi connectivity index (χ3v) is 3.18. The number of hydrogen-bond donors (Lipinski definition) is 1. The highest BCUT2D eigenvalue weighted by molar-refractivity contribution is 5.94. The summed E-state index contributed by atoms with van der Waals surface area (Å²) in [5, 5.41) is 7.59. The lowest BCUT2D eigenvalue weighted by atomic mass is 10.1. The van der Waals surface area contributed by atoms with Gasteiger partial charge in [0.2, 0.25) is 0 Å². The zero-order valence-electron chi connectivity index (χ0n) is 11.7. The van der Waals surface area contributed by atoms with Crippen LogP contribution in [0.25, 0.3) is 5.69 Å². The smallest absolute Gasteiger partial charge is 0.159 e. The van der Waals surface area contributed by atoms with Crippen LogP contribution in [0.1, 0.15) is 17.3 Å². The van der Waals surface area contributed by atoms with Crippen LogP contribution in [0.3, 0.4) is 0 Å². The highest BCUT2D eigenvalue weighted by atomic mass is 16.1. The number of carbonyl (C=O) groups excluding carboxylic acids is 1. The van der Waals surface area contributed by atoms with Gasteiger partial charge in [-0.25, -0.2) is 4.68 Å². The molecule has 1 N–H and O–H groups in total. The van der Waals surface area contributed by atoms with E-state index in [1.54, 1.807) is 13.1 Å². The van der Waals surface area contributed by atoms with Gasteiger partial charge < -0.3 is 5.32 Å². The molecule has 0 aliphatic carbocycles. The number of nitrogens with one attached hydrogen (secondary N) is 1. The van der Waals surface area contributed by atoms with Gasteiger partial charge in [-0.05, 0) is 43.3 Å². The summed E-state index contributed by atoms with van der Waals surface area (Å²) >= 11 is 0. The number of Topliss-reactive ketones (excluding diaryl/α,β-unsaturated/α-hetero) is 1. The van der Waals surface area contributed by atoms with E-state index in [-0.39, 0.29) is 5.78 Å². The molecular weight excluding hydrogens is 262 g/mol. The number of ketones is 1. The third kappa shape index (κ3) is 3.00. The lowest BCUT2D eigenvalue weighted by Gasteiger charge is -2.04. The number of benzene rings is 2. The van der Waals surface area contributed by atoms with E-state index in [0.717, 1.165) is 17.1 Å². The van der Waals surface area contributed by atoms with Crippen molar-refractivity contribution in [2.75, 3.05) is 5.32 Å². The Morgan fingerprint density at radius 1 is 1.00 bits per heavy atom. The average molecular weight is 277 g/mol. The Bertz CT molecular complexity index is 745. The van der Waals surface area contributed by atoms with E-state index in [1.165, 1.54) is 0 Å². The first-order chi connectivity index (χ1) is 10.2. The predicted octanol–water partition coefficient (Wildman–Crippen LogP) is 3.82. The van der Waals surface area contributed by atoms with Crippen molar-refractivity contribution in [3.8, 4) is 5.69 Å². The number of nitrogens with zero attached hydrogens (tertiary/aromatic N) is 2. The monoisotopic (exact) mass is 277 g/mol. The second kappa shape index (κ2) is 5.63. The molecule has 4 nitrogen and oxygen atoms in total. The maximum atomic E-state index is 11.2. The number of carbonyl (C=O) groups is 1. The van der Waals surface area contributed by atoms with Crippen molar-refractivity contribution in [2.24, 2.45) is 0 Å². The van der Waals surface area contributed by atoms with Crippen LogP contribution in [0.2, 0.25) is 0 Å². The van der Waals surface area contributed by atoms with Gasteiger partial charge in [-0.1, -0.05) is 18.2 Å². The number of para-hydroxylation sites is 1. The normalized spacial score (nSPS) is 10.3. The molecule has 0 aliphatic rings. The van der Waals surface area contributed by atoms with Gasteiger partial charge >= 0.3 is 0 Å². The average Bonchev–Trinajstić information content (AvgIpc) is 2.97. The lowest BCUT2D eigenvalue weighted by Crippen LogP contribution is -1.94. The summed E-state index contributed by atoms with van der Waals surface area (Å²) in [6.07, 6.45) is 3.69. The quantitative estimate of drug-likeness (QED) is 0.737. The Balaban J connectivity index is 1.77. The number of anilines is 2. The summed E-state index contributed by atoms with van der Waals surface area (Å²) < 4.78 is 1.81. The van der Waals surface area contributed by atoms with Crippen molar-refractivity contribution in [1.29, 1.82) is 0 Å². The topological polar surface area (TPSA) is 46.9 Å². The van der Waals surface area contributed by atoms with Crippen molar-refractivity contribution in [1.82, 2.24) is 9.78 Å². The van der Waals surface area contributed by atoms with E-state index < -0.39 is 0 Å². The summed E-state index contributed by atoms with van der Waals surface area (Å²) in [6, 6.07) is 17.3. The van der Waals surface area contributed by atoms with Crippen LogP contribution in [-0.4, -0.2) is 15.6 Å². The molecule has 2 aromatic carbocycles. The molecule has 0 radical (unpaired) electrons. The van der Waals surface area contributed by atoms with E-state index in [1.807, 2.05) is 65.5 Å². The minimum atomic E-state index is 0.0680. The minimum absolute atomic E-state index is 0.0680. The number of aromatic nitrogens is 2. The molecule has 0 saturated carbocycles. The molecule has 3 rings (SSSR count). The molecule has 0 unspecified atom stereocenters. The van der Waals surface area contributed by atoms with E-state index >= 15 is 0 Å². The first-order valence-electron chi connectivity index (χ1n) is 6.70. The van der Waals surface area contributed by atoms with Crippen LogP contribution in [0.15, 0.2) is 67.0 Å². The molecule has 21 heavy (non-hydrogen) atoms. The van der Waals surface area contributed by atoms with Gasteiger partial charge in [-0.15, -0.1) is 0 Å². The largest absolute Gasteiger partial charge is 0.353 e. The molecule has 3 aromatic rings. The van der Waals surface area contributed by atoms with Crippen LogP contribution in [0.5, 0.6) is 0 Å². The Hall–Kier alpha value is -2.88. The second-order valence-corrected chi connectivity index (χ2v) is 4.77. The molecular formula is C17H15N3O. The molecule has 4 heteroatoms. The van der Waals surface area contributed by atoms with Crippen LogP contribution >= 0.6 is 0 Å². The maximum Gasteiger partial charge on any atom is 0.159 e. The van der Waals surface area contributed by atoms with Crippen molar-refractivity contribution >= 4 is 17.2 Å². The zero-order valence-corrected chi connectivity index (χ0v) is 11.7. The summed E-state index contributed by atoms with van der Waals surface area (Å²) in [5.41, 5.74) is 3.54. The molecule has 0 amide bonds. The highest BCUT2D eigenvalue weighted by Gasteiger charge is 2.02. The molecule has 1 heterocycles. The molecule has 0 aliphatic heterocycles. The van der Waals surface area contributed by atoms with Crippen molar-refractivity contribution in [3.05, 3.63) is 72.6 Å². The van der Waals surface area contributed by atoms with Crippen molar-refractivity contribution in [2.45, 2.75) is 6.92 Å². The summed E-state index contributed by atoms with van der Waals surface area (Å²) in [4.78, 5) is 11.2. The van der Waals surface area contributed by atoms with Gasteiger partial charge in [0.05, 0.1) is 23.8 Å². The van der Waals surface area contributed by atoms with Crippen LogP contribution in [0.4, 0.5) is 11.4 Å². The van der Waals surface area contributed by atoms with E-state index in [0.29, 0.717) is 5.56 Å². The fraction of sp³-hybridized carbons (Fsp3) is 0.0588. The second-order valence-electron chi connectivity index (χ2n) is 4.77. The lowest BCUT2D eigenvalue weighted by molar-refractivity contribution is 0.101. The van der Waals surface area contributed by atoms with E-state index in [2.05, 4.69) is 10.4 Å². The van der Waals surface area contributed by atoms with Crippen LogP contribution < -0.4 is 5.32 Å². The molecule has 1 aromatic heterocycles. The SMILES string of the molecule is CC(=O)c1ccc(Nc2cnn(-c3ccccc3)c2)cc1. The third-order valence-electron chi connectivity index (χ3n) is 3.18. The van der Waals surface area contributed by atoms with Crippen molar-refractivity contribution in [3.63, 3.8) is 0 Å². The predicted molar refractivity (Wildman–Crippen MR) is 83.3 cm³/mol. The van der Waals surface area contributed by atoms with Crippen LogP contribution in [-0.2, 0) is 0 Å². The summed E-state index contributed by atoms with van der Waals surface area (Å²) in [5.74, 6) is 0.0680. The summed E-state index contributed by atoms with van der Waals surface area (Å²) in [7, 11) is 0. The Morgan fingerprint density at radius 3 is 2.38 bits per heavy atom. The van der Waals surface area contributed by atoms with Crippen molar-refractivity contribution < 1.29 is 4.79 Å². The Labute approximate surface area is 123 Å². The van der Waals surface area contributed by atoms with Gasteiger partial charge in [-0.2, -0.15) is 5.10 Å². The fourth-order valence-corrected chi connectivity index (χ4v) is 2.06.